The van der Waals surface area contributed by atoms with Gasteiger partial charge in [0.2, 0.25) is 5.91 Å². The highest BCUT2D eigenvalue weighted by Crippen LogP contribution is 1.89. The highest BCUT2D eigenvalue weighted by Gasteiger charge is 2.03. The van der Waals surface area contributed by atoms with Crippen LogP contribution >= 0.6 is 9.39 Å². The van der Waals surface area contributed by atoms with Crippen LogP contribution in [0.15, 0.2) is 0 Å². The smallest absolute Gasteiger partial charge is 0.217 e. The van der Waals surface area contributed by atoms with E-state index in [0.29, 0.717) is 0 Å². The van der Waals surface area contributed by atoms with Crippen molar-refractivity contribution in [1.29, 1.82) is 0 Å². The van der Waals surface area contributed by atoms with Crippen molar-refractivity contribution in [2.45, 2.75) is 26.3 Å². The summed E-state index contributed by atoms with van der Waals surface area (Å²) < 4.78 is 0. The van der Waals surface area contributed by atoms with Gasteiger partial charge in [-0.05, 0) is 6.42 Å². The maximum absolute atomic E-state index is 10.5. The molecule has 0 aromatic rings. The van der Waals surface area contributed by atoms with Crippen LogP contribution in [0.2, 0.25) is 0 Å². The molecule has 2 N–H and O–H groups in total. The standard InChI is InChI=1S/C6H15N2OP/c1-3-6(4-7-10)8-5(2)9/h6-7H,3-4,10H2,1-2H3,(H,8,9). The lowest BCUT2D eigenvalue weighted by Gasteiger charge is -2.14. The topological polar surface area (TPSA) is 41.1 Å². The molecule has 0 aliphatic carbocycles. The molecule has 60 valence electrons. The van der Waals surface area contributed by atoms with Crippen LogP contribution in [-0.4, -0.2) is 18.5 Å². The highest BCUT2D eigenvalue weighted by molar-refractivity contribution is 7.13. The fraction of sp³-hybridized carbons (Fsp3) is 0.833. The molecule has 0 heterocycles. The third-order valence-corrected chi connectivity index (χ3v) is 1.50. The Balaban J connectivity index is 3.49. The lowest BCUT2D eigenvalue weighted by atomic mass is 10.2. The van der Waals surface area contributed by atoms with Crippen LogP contribution in [0.3, 0.4) is 0 Å². The maximum atomic E-state index is 10.5. The van der Waals surface area contributed by atoms with E-state index in [-0.39, 0.29) is 11.9 Å². The monoisotopic (exact) mass is 162 g/mol. The Labute approximate surface area is 64.2 Å². The summed E-state index contributed by atoms with van der Waals surface area (Å²) in [4.78, 5) is 10.5. The summed E-state index contributed by atoms with van der Waals surface area (Å²) in [6.07, 6.45) is 0.959. The molecule has 0 saturated carbocycles. The number of hydrogen-bond acceptors (Lipinski definition) is 2. The Kier molecular flexibility index (Phi) is 5.55. The summed E-state index contributed by atoms with van der Waals surface area (Å²) in [6.45, 7) is 4.38. The van der Waals surface area contributed by atoms with E-state index in [1.165, 1.54) is 6.92 Å². The molecule has 1 amide bonds. The molecule has 0 fully saturated rings. The first-order valence-corrected chi connectivity index (χ1v) is 3.99. The molecule has 0 aromatic carbocycles. The van der Waals surface area contributed by atoms with Crippen molar-refractivity contribution >= 4 is 15.3 Å². The molecule has 0 bridgehead atoms. The van der Waals surface area contributed by atoms with E-state index in [9.17, 15) is 4.79 Å². The molecule has 0 rings (SSSR count). The Morgan fingerprint density at radius 1 is 1.70 bits per heavy atom. The van der Waals surface area contributed by atoms with Gasteiger partial charge in [-0.25, -0.2) is 0 Å². The number of rotatable bonds is 4. The van der Waals surface area contributed by atoms with Gasteiger partial charge in [0.05, 0.1) is 0 Å². The van der Waals surface area contributed by atoms with Gasteiger partial charge >= 0.3 is 0 Å². The van der Waals surface area contributed by atoms with Crippen molar-refractivity contribution in [3.8, 4) is 0 Å². The minimum atomic E-state index is 0.0344. The third kappa shape index (κ3) is 4.71. The Morgan fingerprint density at radius 3 is 2.60 bits per heavy atom. The molecule has 0 aliphatic rings. The van der Waals surface area contributed by atoms with E-state index in [0.717, 1.165) is 13.0 Å². The van der Waals surface area contributed by atoms with Crippen LogP contribution in [-0.2, 0) is 4.79 Å². The summed E-state index contributed by atoms with van der Waals surface area (Å²) in [5.41, 5.74) is 0. The molecule has 0 radical (unpaired) electrons. The van der Waals surface area contributed by atoms with Gasteiger partial charge in [0.25, 0.3) is 0 Å². The second kappa shape index (κ2) is 5.63. The summed E-state index contributed by atoms with van der Waals surface area (Å²) in [5.74, 6) is 0.0344. The minimum Gasteiger partial charge on any atom is -0.352 e. The van der Waals surface area contributed by atoms with Gasteiger partial charge in [-0.1, -0.05) is 16.3 Å². The van der Waals surface area contributed by atoms with Crippen molar-refractivity contribution < 1.29 is 4.79 Å². The molecule has 0 aliphatic heterocycles. The van der Waals surface area contributed by atoms with Gasteiger partial charge < -0.3 is 5.32 Å². The number of carbonyl (C=O) groups is 1. The molecule has 3 nitrogen and oxygen atoms in total. The summed E-state index contributed by atoms with van der Waals surface area (Å²) in [7, 11) is 2.41. The molecule has 0 spiro atoms. The lowest BCUT2D eigenvalue weighted by molar-refractivity contribution is -0.119. The van der Waals surface area contributed by atoms with Gasteiger partial charge in [-0.3, -0.25) is 9.88 Å². The van der Waals surface area contributed by atoms with Crippen LogP contribution in [0.25, 0.3) is 0 Å². The number of hydrogen-bond donors (Lipinski definition) is 2. The van der Waals surface area contributed by atoms with Crippen molar-refractivity contribution in [3.63, 3.8) is 0 Å². The SMILES string of the molecule is CCC(CNP)NC(C)=O. The number of nitrogens with one attached hydrogen (secondary N) is 2. The van der Waals surface area contributed by atoms with Crippen LogP contribution in [0.5, 0.6) is 0 Å². The largest absolute Gasteiger partial charge is 0.352 e. The predicted octanol–water partition coefficient (Wildman–Crippen LogP) is 0.281. The van der Waals surface area contributed by atoms with Crippen LogP contribution < -0.4 is 10.4 Å². The molecule has 0 aromatic heterocycles. The predicted molar refractivity (Wildman–Crippen MR) is 45.6 cm³/mol. The number of carbonyl (C=O) groups excluding carboxylic acids is 1. The van der Waals surface area contributed by atoms with Crippen LogP contribution in [0.1, 0.15) is 20.3 Å². The highest BCUT2D eigenvalue weighted by atomic mass is 31.0. The van der Waals surface area contributed by atoms with Gasteiger partial charge in [0.15, 0.2) is 0 Å². The van der Waals surface area contributed by atoms with Gasteiger partial charge in [0.1, 0.15) is 0 Å². The quantitative estimate of drug-likeness (QED) is 0.583. The fourth-order valence-electron chi connectivity index (χ4n) is 0.727. The van der Waals surface area contributed by atoms with Gasteiger partial charge in [-0.15, -0.1) is 0 Å². The molecule has 2 atom stereocenters. The second-order valence-electron chi connectivity index (χ2n) is 2.21. The summed E-state index contributed by atoms with van der Waals surface area (Å²) in [5, 5.41) is 5.74. The molecule has 10 heavy (non-hydrogen) atoms. The Morgan fingerprint density at radius 2 is 2.30 bits per heavy atom. The van der Waals surface area contributed by atoms with E-state index < -0.39 is 0 Å². The molecular formula is C6H15N2OP. The van der Waals surface area contributed by atoms with Crippen molar-refractivity contribution in [2.75, 3.05) is 6.54 Å². The third-order valence-electron chi connectivity index (χ3n) is 1.26. The van der Waals surface area contributed by atoms with E-state index >= 15 is 0 Å². The fourth-order valence-corrected chi connectivity index (χ4v) is 1.01. The van der Waals surface area contributed by atoms with Gasteiger partial charge in [-0.2, -0.15) is 0 Å². The molecule has 4 heteroatoms. The zero-order chi connectivity index (χ0) is 7.98. The van der Waals surface area contributed by atoms with E-state index in [4.69, 9.17) is 0 Å². The average molecular weight is 162 g/mol. The molecule has 2 unspecified atom stereocenters. The zero-order valence-electron chi connectivity index (χ0n) is 6.48. The molecule has 0 saturated heterocycles. The minimum absolute atomic E-state index is 0.0344. The van der Waals surface area contributed by atoms with Crippen molar-refractivity contribution in [2.24, 2.45) is 0 Å². The van der Waals surface area contributed by atoms with E-state index in [2.05, 4.69) is 19.8 Å². The number of amides is 1. The van der Waals surface area contributed by atoms with Crippen molar-refractivity contribution in [3.05, 3.63) is 0 Å². The Hall–Kier alpha value is -0.140. The Bertz CT molecular complexity index is 108. The van der Waals surface area contributed by atoms with E-state index in [1.54, 1.807) is 0 Å². The first kappa shape index (κ1) is 9.86. The second-order valence-corrected chi connectivity index (χ2v) is 2.62. The van der Waals surface area contributed by atoms with Crippen molar-refractivity contribution in [1.82, 2.24) is 10.4 Å². The zero-order valence-corrected chi connectivity index (χ0v) is 7.63. The van der Waals surface area contributed by atoms with E-state index in [1.807, 2.05) is 6.92 Å². The maximum Gasteiger partial charge on any atom is 0.217 e. The first-order valence-electron chi connectivity index (χ1n) is 3.41. The lowest BCUT2D eigenvalue weighted by Crippen LogP contribution is -2.38. The summed E-state index contributed by atoms with van der Waals surface area (Å²) in [6, 6.07) is 0.259. The normalized spacial score (nSPS) is 12.7. The summed E-state index contributed by atoms with van der Waals surface area (Å²) >= 11 is 0. The first-order chi connectivity index (χ1) is 4.70. The van der Waals surface area contributed by atoms with Crippen LogP contribution in [0.4, 0.5) is 0 Å². The molecular weight excluding hydrogens is 147 g/mol. The average Bonchev–Trinajstić information content (AvgIpc) is 1.86. The van der Waals surface area contributed by atoms with Gasteiger partial charge in [0, 0.05) is 19.5 Å². The van der Waals surface area contributed by atoms with Crippen LogP contribution in [0, 0.1) is 0 Å².